The molecular weight excluding hydrogens is 427 g/mol. The molecular formula is C21H22IOS+. The number of hydrogen-bond donors (Lipinski definition) is 0. The zero-order chi connectivity index (χ0) is 17.2. The van der Waals surface area contributed by atoms with Crippen LogP contribution in [-0.2, 0) is 0 Å². The minimum Gasteiger partial charge on any atom is -0.288 e. The zero-order valence-corrected chi connectivity index (χ0v) is 17.3. The Balaban J connectivity index is 1.95. The fourth-order valence-corrected chi connectivity index (χ4v) is 6.34. The number of halogens is 1. The molecule has 0 bridgehead atoms. The predicted octanol–water partition coefficient (Wildman–Crippen LogP) is 2.91. The van der Waals surface area contributed by atoms with Crippen LogP contribution in [0.2, 0.25) is 0 Å². The van der Waals surface area contributed by atoms with E-state index in [-0.39, 0.29) is 32.4 Å². The standard InChI is InChI=1S/C21H22IOS/c1-21(2,3)15-11-12-17(20(23)19-10-7-13-24-19)18(14-15)22-16-8-5-4-6-9-16/h4-11,13H,12,14H2,1-3H3/q+1. The summed E-state index contributed by atoms with van der Waals surface area (Å²) in [6.07, 6.45) is 4.03. The molecule has 0 aliphatic heterocycles. The first-order chi connectivity index (χ1) is 11.4. The lowest BCUT2D eigenvalue weighted by Gasteiger charge is -2.25. The highest BCUT2D eigenvalue weighted by Gasteiger charge is 2.34. The lowest BCUT2D eigenvalue weighted by atomic mass is 9.80. The molecule has 1 aromatic carbocycles. The predicted molar refractivity (Wildman–Crippen MR) is 97.6 cm³/mol. The number of Topliss-reactive ketones (excluding diaryl/α,β-unsaturated/α-hetero) is 1. The Bertz CT molecular complexity index is 777. The molecule has 3 heteroatoms. The van der Waals surface area contributed by atoms with Crippen molar-refractivity contribution in [3.63, 3.8) is 0 Å². The molecule has 0 saturated heterocycles. The number of ketones is 1. The average molecular weight is 449 g/mol. The highest BCUT2D eigenvalue weighted by atomic mass is 127. The molecule has 1 aliphatic rings. The van der Waals surface area contributed by atoms with Crippen molar-refractivity contribution in [1.82, 2.24) is 0 Å². The van der Waals surface area contributed by atoms with Crippen molar-refractivity contribution >= 4 is 17.1 Å². The quantitative estimate of drug-likeness (QED) is 0.399. The van der Waals surface area contributed by atoms with E-state index in [1.807, 2.05) is 17.5 Å². The maximum Gasteiger partial charge on any atom is 0.353 e. The van der Waals surface area contributed by atoms with Gasteiger partial charge >= 0.3 is 21.2 Å². The van der Waals surface area contributed by atoms with Gasteiger partial charge < -0.3 is 0 Å². The van der Waals surface area contributed by atoms with E-state index >= 15 is 0 Å². The number of rotatable bonds is 4. The third-order valence-electron chi connectivity index (χ3n) is 4.16. The number of carbonyl (C=O) groups is 1. The summed E-state index contributed by atoms with van der Waals surface area (Å²) in [5.41, 5.74) is 2.68. The summed E-state index contributed by atoms with van der Waals surface area (Å²) in [5.74, 6) is 0.236. The summed E-state index contributed by atoms with van der Waals surface area (Å²) in [5, 5.41) is 1.99. The molecule has 1 heterocycles. The first kappa shape index (κ1) is 17.6. The second kappa shape index (κ2) is 7.36. The van der Waals surface area contributed by atoms with Crippen LogP contribution >= 0.6 is 11.3 Å². The Kier molecular flexibility index (Phi) is 5.40. The second-order valence-corrected chi connectivity index (χ2v) is 11.0. The van der Waals surface area contributed by atoms with E-state index in [0.717, 1.165) is 23.3 Å². The molecule has 3 rings (SSSR count). The van der Waals surface area contributed by atoms with Crippen LogP contribution < -0.4 is 21.2 Å². The molecule has 0 N–H and O–H groups in total. The third-order valence-corrected chi connectivity index (χ3v) is 8.06. The van der Waals surface area contributed by atoms with Crippen molar-refractivity contribution in [2.24, 2.45) is 5.41 Å². The van der Waals surface area contributed by atoms with Crippen molar-refractivity contribution in [3.05, 3.63) is 77.1 Å². The molecule has 0 unspecified atom stereocenters. The largest absolute Gasteiger partial charge is 0.353 e. The summed E-state index contributed by atoms with van der Waals surface area (Å²) in [6.45, 7) is 6.80. The molecule has 24 heavy (non-hydrogen) atoms. The van der Waals surface area contributed by atoms with Crippen molar-refractivity contribution in [2.75, 3.05) is 0 Å². The van der Waals surface area contributed by atoms with Crippen LogP contribution in [0.1, 0.15) is 43.3 Å². The van der Waals surface area contributed by atoms with Crippen LogP contribution in [0.3, 0.4) is 0 Å². The summed E-state index contributed by atoms with van der Waals surface area (Å²) in [7, 11) is 0. The maximum absolute atomic E-state index is 13.0. The Hall–Kier alpha value is -1.20. The number of thiophene rings is 1. The smallest absolute Gasteiger partial charge is 0.288 e. The highest BCUT2D eigenvalue weighted by molar-refractivity contribution is 7.12. The summed E-state index contributed by atoms with van der Waals surface area (Å²) < 4.78 is 2.78. The molecule has 0 spiro atoms. The average Bonchev–Trinajstić information content (AvgIpc) is 3.09. The van der Waals surface area contributed by atoms with Gasteiger partial charge in [-0.1, -0.05) is 56.7 Å². The number of allylic oxidation sites excluding steroid dienone is 4. The van der Waals surface area contributed by atoms with Gasteiger partial charge in [-0.25, -0.2) is 0 Å². The van der Waals surface area contributed by atoms with Crippen LogP contribution in [0.25, 0.3) is 0 Å². The van der Waals surface area contributed by atoms with Gasteiger partial charge in [-0.15, -0.1) is 11.3 Å². The Morgan fingerprint density at radius 2 is 1.83 bits per heavy atom. The Morgan fingerprint density at radius 3 is 2.46 bits per heavy atom. The third kappa shape index (κ3) is 4.06. The fourth-order valence-electron chi connectivity index (χ4n) is 2.73. The number of benzene rings is 1. The molecule has 0 fully saturated rings. The van der Waals surface area contributed by atoms with Gasteiger partial charge in [0.25, 0.3) is 0 Å². The van der Waals surface area contributed by atoms with E-state index < -0.39 is 0 Å². The summed E-state index contributed by atoms with van der Waals surface area (Å²) in [6, 6.07) is 14.6. The van der Waals surface area contributed by atoms with Crippen molar-refractivity contribution in [3.8, 4) is 0 Å². The van der Waals surface area contributed by atoms with E-state index in [9.17, 15) is 4.79 Å². The van der Waals surface area contributed by atoms with Gasteiger partial charge in [0.2, 0.25) is 5.78 Å². The molecule has 124 valence electrons. The molecule has 0 saturated carbocycles. The second-order valence-electron chi connectivity index (χ2n) is 6.94. The molecule has 1 aliphatic carbocycles. The van der Waals surface area contributed by atoms with E-state index in [1.165, 1.54) is 12.7 Å². The van der Waals surface area contributed by atoms with Crippen LogP contribution in [0.15, 0.2) is 68.6 Å². The molecule has 0 atom stereocenters. The summed E-state index contributed by atoms with van der Waals surface area (Å²) in [4.78, 5) is 13.8. The first-order valence-corrected chi connectivity index (χ1v) is 11.2. The van der Waals surface area contributed by atoms with Crippen LogP contribution in [0.5, 0.6) is 0 Å². The van der Waals surface area contributed by atoms with Crippen LogP contribution in [0, 0.1) is 8.99 Å². The van der Waals surface area contributed by atoms with Gasteiger partial charge in [0.05, 0.1) is 10.5 Å². The van der Waals surface area contributed by atoms with E-state index in [2.05, 4.69) is 57.2 Å². The van der Waals surface area contributed by atoms with Gasteiger partial charge in [0.15, 0.2) is 7.15 Å². The SMILES string of the molecule is CC(C)(C)C1=CCC(C(=O)c2cccs2)=C([I+]c2ccccc2)C1. The van der Waals surface area contributed by atoms with Gasteiger partial charge in [-0.05, 0) is 35.4 Å². The molecule has 0 radical (unpaired) electrons. The fraction of sp³-hybridized carbons (Fsp3) is 0.286. The van der Waals surface area contributed by atoms with Crippen molar-refractivity contribution in [2.45, 2.75) is 33.6 Å². The minimum atomic E-state index is -0.298. The topological polar surface area (TPSA) is 17.1 Å². The van der Waals surface area contributed by atoms with Crippen LogP contribution in [-0.4, -0.2) is 5.78 Å². The van der Waals surface area contributed by atoms with E-state index in [0.29, 0.717) is 0 Å². The lowest BCUT2D eigenvalue weighted by molar-refractivity contribution is -0.579. The van der Waals surface area contributed by atoms with Gasteiger partial charge in [-0.3, -0.25) is 4.79 Å². The Morgan fingerprint density at radius 1 is 1.08 bits per heavy atom. The number of carbonyl (C=O) groups excluding carboxylic acids is 1. The maximum atomic E-state index is 13.0. The molecule has 1 nitrogen and oxygen atoms in total. The highest BCUT2D eigenvalue weighted by Crippen LogP contribution is 2.34. The Labute approximate surface area is 158 Å². The normalized spacial score (nSPS) is 15.4. The van der Waals surface area contributed by atoms with Gasteiger partial charge in [-0.2, -0.15) is 0 Å². The lowest BCUT2D eigenvalue weighted by Crippen LogP contribution is -3.61. The monoisotopic (exact) mass is 449 g/mol. The van der Waals surface area contributed by atoms with Gasteiger partial charge in [0.1, 0.15) is 0 Å². The first-order valence-electron chi connectivity index (χ1n) is 8.15. The summed E-state index contributed by atoms with van der Waals surface area (Å²) >= 11 is 1.25. The molecule has 2 aromatic rings. The van der Waals surface area contributed by atoms with Crippen molar-refractivity contribution in [1.29, 1.82) is 0 Å². The minimum absolute atomic E-state index is 0.170. The number of hydrogen-bond acceptors (Lipinski definition) is 2. The van der Waals surface area contributed by atoms with Crippen LogP contribution in [0.4, 0.5) is 0 Å². The van der Waals surface area contributed by atoms with E-state index in [1.54, 1.807) is 11.3 Å². The van der Waals surface area contributed by atoms with Gasteiger partial charge in [0, 0.05) is 6.42 Å². The van der Waals surface area contributed by atoms with Crippen molar-refractivity contribution < 1.29 is 26.0 Å². The zero-order valence-electron chi connectivity index (χ0n) is 14.3. The van der Waals surface area contributed by atoms with E-state index in [4.69, 9.17) is 0 Å². The molecule has 0 amide bonds. The molecule has 1 aromatic heterocycles.